The van der Waals surface area contributed by atoms with Gasteiger partial charge in [-0.25, -0.2) is 17.6 Å². The minimum absolute atomic E-state index is 0.0658. The summed E-state index contributed by atoms with van der Waals surface area (Å²) in [4.78, 5) is 0. The quantitative estimate of drug-likeness (QED) is 0.664. The average Bonchev–Trinajstić information content (AvgIpc) is 2.47. The van der Waals surface area contributed by atoms with Crippen LogP contribution < -0.4 is 4.72 Å². The van der Waals surface area contributed by atoms with E-state index in [1.165, 1.54) is 16.9 Å². The zero-order chi connectivity index (χ0) is 14.4. The van der Waals surface area contributed by atoms with Gasteiger partial charge in [0.05, 0.1) is 0 Å². The summed E-state index contributed by atoms with van der Waals surface area (Å²) in [5.41, 5.74) is -1.21. The van der Waals surface area contributed by atoms with Crippen LogP contribution in [0, 0.1) is 0 Å². The van der Waals surface area contributed by atoms with Crippen molar-refractivity contribution in [1.82, 2.24) is 4.72 Å². The van der Waals surface area contributed by atoms with E-state index in [2.05, 4.69) is 0 Å². The second-order valence-electron chi connectivity index (χ2n) is 4.18. The first-order valence-corrected chi connectivity index (χ1v) is 6.58. The molecule has 1 aromatic rings. The monoisotopic (exact) mass is 299 g/mol. The highest BCUT2D eigenvalue weighted by Gasteiger charge is 2.50. The van der Waals surface area contributed by atoms with Gasteiger partial charge in [0, 0.05) is 12.0 Å². The van der Waals surface area contributed by atoms with Crippen molar-refractivity contribution in [2.24, 2.45) is 0 Å². The van der Waals surface area contributed by atoms with Gasteiger partial charge in [-0.05, 0) is 11.1 Å². The third-order valence-corrected chi connectivity index (χ3v) is 3.40. The third kappa shape index (κ3) is 2.72. The van der Waals surface area contributed by atoms with Crippen molar-refractivity contribution in [3.8, 4) is 0 Å². The van der Waals surface area contributed by atoms with Crippen LogP contribution in [0.15, 0.2) is 18.2 Å². The first kappa shape index (κ1) is 14.2. The molecule has 1 aromatic carbocycles. The highest BCUT2D eigenvalue weighted by Crippen LogP contribution is 2.46. The van der Waals surface area contributed by atoms with Crippen molar-refractivity contribution in [1.29, 1.82) is 0 Å². The summed E-state index contributed by atoms with van der Waals surface area (Å²) in [6.45, 7) is 0. The lowest BCUT2D eigenvalue weighted by Crippen LogP contribution is -2.38. The molecule has 2 rings (SSSR count). The highest BCUT2D eigenvalue weighted by atomic mass is 32.2. The van der Waals surface area contributed by atoms with E-state index in [0.29, 0.717) is 0 Å². The van der Waals surface area contributed by atoms with Crippen LogP contribution in [0.4, 0.5) is 17.6 Å². The molecule has 4 nitrogen and oxygen atoms in total. The van der Waals surface area contributed by atoms with E-state index in [4.69, 9.17) is 4.55 Å². The molecule has 2 N–H and O–H groups in total. The van der Waals surface area contributed by atoms with Crippen molar-refractivity contribution >= 4 is 10.3 Å². The van der Waals surface area contributed by atoms with Crippen molar-refractivity contribution in [3.05, 3.63) is 34.9 Å². The zero-order valence-electron chi connectivity index (χ0n) is 9.28. The summed E-state index contributed by atoms with van der Waals surface area (Å²) in [5, 5.41) is 0. The Morgan fingerprint density at radius 3 is 2.53 bits per heavy atom. The molecule has 0 fully saturated rings. The van der Waals surface area contributed by atoms with Crippen LogP contribution in [0.3, 0.4) is 0 Å². The molecule has 19 heavy (non-hydrogen) atoms. The summed E-state index contributed by atoms with van der Waals surface area (Å²) in [7, 11) is -4.94. The Hall–Kier alpha value is -1.19. The minimum Gasteiger partial charge on any atom is -0.273 e. The number of nitrogens with one attached hydrogen (secondary N) is 1. The Morgan fingerprint density at radius 2 is 2.00 bits per heavy atom. The Bertz CT molecular complexity index is 603. The van der Waals surface area contributed by atoms with E-state index in [1.54, 1.807) is 0 Å². The highest BCUT2D eigenvalue weighted by molar-refractivity contribution is 7.83. The maximum Gasteiger partial charge on any atom is 0.334 e. The van der Waals surface area contributed by atoms with Crippen molar-refractivity contribution in [2.75, 3.05) is 0 Å². The number of hydrogen-bond acceptors (Lipinski definition) is 2. The average molecular weight is 299 g/mol. The minimum atomic E-state index is -4.94. The Kier molecular flexibility index (Phi) is 3.31. The number of benzene rings is 1. The molecule has 106 valence electrons. The lowest BCUT2D eigenvalue weighted by atomic mass is 10.0. The first-order valence-electron chi connectivity index (χ1n) is 5.14. The fourth-order valence-electron chi connectivity index (χ4n) is 2.19. The fraction of sp³-hybridized carbons (Fsp3) is 0.400. The fourth-order valence-corrected chi connectivity index (χ4v) is 2.78. The molecule has 0 radical (unpaired) electrons. The van der Waals surface area contributed by atoms with Gasteiger partial charge in [-0.2, -0.15) is 13.1 Å². The molecule has 0 bridgehead atoms. The van der Waals surface area contributed by atoms with Gasteiger partial charge in [0.15, 0.2) is 0 Å². The van der Waals surface area contributed by atoms with E-state index in [9.17, 15) is 26.0 Å². The number of alkyl halides is 4. The normalized spacial score (nSPS) is 21.7. The SMILES string of the molecule is O=S(=O)(O)N[C@H]1c2c(cccc2C(F)F)CC1(F)F. The molecule has 0 saturated carbocycles. The van der Waals surface area contributed by atoms with Crippen LogP contribution in [-0.2, 0) is 16.7 Å². The van der Waals surface area contributed by atoms with Gasteiger partial charge in [-0.1, -0.05) is 18.2 Å². The molecular formula is C10H9F4NO3S. The van der Waals surface area contributed by atoms with Crippen LogP contribution >= 0.6 is 0 Å². The predicted molar refractivity (Wildman–Crippen MR) is 57.5 cm³/mol. The van der Waals surface area contributed by atoms with Gasteiger partial charge < -0.3 is 0 Å². The number of hydrogen-bond donors (Lipinski definition) is 2. The standard InChI is InChI=1S/C10H9F4NO3S/c11-9(12)6-3-1-2-5-4-10(13,14)8(7(5)6)15-19(16,17)18/h1-3,8-9,15H,4H2,(H,16,17,18)/t8-/m0/s1. The van der Waals surface area contributed by atoms with E-state index >= 15 is 0 Å². The molecule has 0 spiro atoms. The van der Waals surface area contributed by atoms with Crippen LogP contribution in [0.5, 0.6) is 0 Å². The second-order valence-corrected chi connectivity index (χ2v) is 5.37. The Morgan fingerprint density at radius 1 is 1.37 bits per heavy atom. The van der Waals surface area contributed by atoms with Crippen molar-refractivity contribution in [3.63, 3.8) is 0 Å². The molecule has 0 aliphatic heterocycles. The second kappa shape index (κ2) is 4.43. The molecule has 9 heteroatoms. The largest absolute Gasteiger partial charge is 0.334 e. The Balaban J connectivity index is 2.57. The van der Waals surface area contributed by atoms with Gasteiger partial charge in [0.1, 0.15) is 6.04 Å². The van der Waals surface area contributed by atoms with Gasteiger partial charge in [0.25, 0.3) is 12.3 Å². The van der Waals surface area contributed by atoms with E-state index in [0.717, 1.165) is 6.07 Å². The molecule has 1 aliphatic rings. The van der Waals surface area contributed by atoms with Gasteiger partial charge in [-0.15, -0.1) is 0 Å². The maximum absolute atomic E-state index is 13.7. The summed E-state index contributed by atoms with van der Waals surface area (Å²) >= 11 is 0. The molecule has 0 saturated heterocycles. The number of fused-ring (bicyclic) bond motifs is 1. The van der Waals surface area contributed by atoms with Crippen molar-refractivity contribution < 1.29 is 30.5 Å². The first-order chi connectivity index (χ1) is 8.62. The van der Waals surface area contributed by atoms with E-state index in [-0.39, 0.29) is 5.56 Å². The summed E-state index contributed by atoms with van der Waals surface area (Å²) in [5.74, 6) is -3.58. The van der Waals surface area contributed by atoms with Crippen LogP contribution in [0.2, 0.25) is 0 Å². The maximum atomic E-state index is 13.7. The molecule has 0 heterocycles. The zero-order valence-corrected chi connectivity index (χ0v) is 10.1. The van der Waals surface area contributed by atoms with E-state index < -0.39 is 46.2 Å². The molecule has 0 amide bonds. The molecular weight excluding hydrogens is 290 g/mol. The van der Waals surface area contributed by atoms with Crippen LogP contribution in [-0.4, -0.2) is 18.9 Å². The molecule has 0 unspecified atom stereocenters. The molecule has 1 aliphatic carbocycles. The summed E-state index contributed by atoms with van der Waals surface area (Å²) in [6, 6.07) is 1.18. The molecule has 1 atom stereocenters. The van der Waals surface area contributed by atoms with Gasteiger partial charge in [0.2, 0.25) is 0 Å². The third-order valence-electron chi connectivity index (χ3n) is 2.87. The lowest BCUT2D eigenvalue weighted by molar-refractivity contribution is -0.0200. The topological polar surface area (TPSA) is 66.4 Å². The molecule has 0 aromatic heterocycles. The lowest BCUT2D eigenvalue weighted by Gasteiger charge is -2.21. The van der Waals surface area contributed by atoms with Crippen LogP contribution in [0.1, 0.15) is 29.2 Å². The smallest absolute Gasteiger partial charge is 0.273 e. The Labute approximate surface area is 106 Å². The summed E-state index contributed by atoms with van der Waals surface area (Å²) in [6.07, 6.45) is -3.88. The summed E-state index contributed by atoms with van der Waals surface area (Å²) < 4.78 is 84.3. The van der Waals surface area contributed by atoms with Crippen LogP contribution in [0.25, 0.3) is 0 Å². The number of halogens is 4. The van der Waals surface area contributed by atoms with Crippen molar-refractivity contribution in [2.45, 2.75) is 24.8 Å². The number of rotatable bonds is 3. The van der Waals surface area contributed by atoms with Gasteiger partial charge in [-0.3, -0.25) is 4.55 Å². The predicted octanol–water partition coefficient (Wildman–Crippen LogP) is 2.25. The van der Waals surface area contributed by atoms with E-state index in [1.807, 2.05) is 0 Å². The van der Waals surface area contributed by atoms with Gasteiger partial charge >= 0.3 is 10.3 Å².